The monoisotopic (exact) mass is 484 g/mol. The second-order valence-electron chi connectivity index (χ2n) is 8.26. The van der Waals surface area contributed by atoms with Gasteiger partial charge in [0.2, 0.25) is 11.9 Å². The standard InChI is InChI=1S/C24H23F3N6O2/c1-13(21(28)34)30-20-11-19(22(29)35)31-23(32-20)33-10-9-18-15(12-33)3-2-4-17(18)14-5-7-16(8-6-14)24(25,26)27/h2-8,11,13H,9-10,12H2,1H3,(H2,28,34)(H2,29,35)(H,30,31,32)/t13-/m0/s1. The third-order valence-electron chi connectivity index (χ3n) is 5.83. The summed E-state index contributed by atoms with van der Waals surface area (Å²) in [6.07, 6.45) is -3.81. The van der Waals surface area contributed by atoms with Crippen LogP contribution in [0.4, 0.5) is 24.9 Å². The zero-order valence-corrected chi connectivity index (χ0v) is 18.8. The number of halogens is 3. The number of fused-ring (bicyclic) bond motifs is 1. The Morgan fingerprint density at radius 3 is 2.43 bits per heavy atom. The quantitative estimate of drug-likeness (QED) is 0.493. The van der Waals surface area contributed by atoms with Gasteiger partial charge in [0, 0.05) is 19.2 Å². The zero-order valence-electron chi connectivity index (χ0n) is 18.8. The molecule has 5 N–H and O–H groups in total. The maximum Gasteiger partial charge on any atom is 0.416 e. The van der Waals surface area contributed by atoms with Crippen molar-refractivity contribution in [2.75, 3.05) is 16.8 Å². The highest BCUT2D eigenvalue weighted by Crippen LogP contribution is 2.34. The van der Waals surface area contributed by atoms with Gasteiger partial charge in [-0.25, -0.2) is 4.98 Å². The van der Waals surface area contributed by atoms with Crippen LogP contribution in [0, 0.1) is 0 Å². The molecule has 0 radical (unpaired) electrons. The molecule has 1 aromatic heterocycles. The molecule has 0 saturated carbocycles. The van der Waals surface area contributed by atoms with E-state index in [9.17, 15) is 22.8 Å². The molecular weight excluding hydrogens is 461 g/mol. The van der Waals surface area contributed by atoms with Gasteiger partial charge in [-0.05, 0) is 47.7 Å². The van der Waals surface area contributed by atoms with Crippen LogP contribution in [0.25, 0.3) is 11.1 Å². The molecule has 8 nitrogen and oxygen atoms in total. The number of alkyl halides is 3. The maximum absolute atomic E-state index is 12.9. The topological polar surface area (TPSA) is 127 Å². The number of nitrogens with two attached hydrogens (primary N) is 2. The van der Waals surface area contributed by atoms with Crippen LogP contribution in [-0.4, -0.2) is 34.4 Å². The molecule has 1 atom stereocenters. The molecule has 182 valence electrons. The average Bonchev–Trinajstić information content (AvgIpc) is 2.82. The smallest absolute Gasteiger partial charge is 0.368 e. The van der Waals surface area contributed by atoms with E-state index in [-0.39, 0.29) is 17.5 Å². The van der Waals surface area contributed by atoms with Gasteiger partial charge >= 0.3 is 6.18 Å². The summed E-state index contributed by atoms with van der Waals surface area (Å²) >= 11 is 0. The van der Waals surface area contributed by atoms with E-state index < -0.39 is 29.6 Å². The number of carbonyl (C=O) groups excluding carboxylic acids is 2. The minimum atomic E-state index is -4.39. The van der Waals surface area contributed by atoms with Crippen molar-refractivity contribution in [1.29, 1.82) is 0 Å². The van der Waals surface area contributed by atoms with Crippen LogP contribution < -0.4 is 21.7 Å². The van der Waals surface area contributed by atoms with E-state index in [0.717, 1.165) is 28.8 Å². The Morgan fingerprint density at radius 1 is 1.09 bits per heavy atom. The van der Waals surface area contributed by atoms with Crippen molar-refractivity contribution in [2.45, 2.75) is 32.1 Å². The first-order valence-corrected chi connectivity index (χ1v) is 10.8. The first kappa shape index (κ1) is 24.0. The summed E-state index contributed by atoms with van der Waals surface area (Å²) < 4.78 is 38.8. The first-order chi connectivity index (χ1) is 16.5. The lowest BCUT2D eigenvalue weighted by atomic mass is 9.90. The first-order valence-electron chi connectivity index (χ1n) is 10.8. The predicted octanol–water partition coefficient (Wildman–Crippen LogP) is 3.11. The zero-order chi connectivity index (χ0) is 25.3. The number of benzene rings is 2. The number of aromatic nitrogens is 2. The second-order valence-corrected chi connectivity index (χ2v) is 8.26. The maximum atomic E-state index is 12.9. The van der Waals surface area contributed by atoms with Gasteiger partial charge in [0.25, 0.3) is 5.91 Å². The number of amides is 2. The molecular formula is C24H23F3N6O2. The van der Waals surface area contributed by atoms with Crippen molar-refractivity contribution in [3.63, 3.8) is 0 Å². The fourth-order valence-electron chi connectivity index (χ4n) is 3.96. The molecule has 1 aliphatic heterocycles. The second kappa shape index (κ2) is 9.24. The van der Waals surface area contributed by atoms with Crippen molar-refractivity contribution >= 4 is 23.6 Å². The summed E-state index contributed by atoms with van der Waals surface area (Å²) in [7, 11) is 0. The van der Waals surface area contributed by atoms with Crippen molar-refractivity contribution in [2.24, 2.45) is 11.5 Å². The van der Waals surface area contributed by atoms with Crippen LogP contribution in [0.1, 0.15) is 34.1 Å². The number of nitrogens with zero attached hydrogens (tertiary/aromatic N) is 3. The van der Waals surface area contributed by atoms with Gasteiger partial charge in [0.1, 0.15) is 17.6 Å². The van der Waals surface area contributed by atoms with Crippen LogP contribution in [0.5, 0.6) is 0 Å². The molecule has 1 aliphatic rings. The Hall–Kier alpha value is -4.15. The van der Waals surface area contributed by atoms with E-state index in [1.54, 1.807) is 6.92 Å². The van der Waals surface area contributed by atoms with Gasteiger partial charge in [-0.1, -0.05) is 30.3 Å². The molecule has 0 spiro atoms. The molecule has 35 heavy (non-hydrogen) atoms. The lowest BCUT2D eigenvalue weighted by molar-refractivity contribution is -0.137. The van der Waals surface area contributed by atoms with E-state index in [1.165, 1.54) is 18.2 Å². The summed E-state index contributed by atoms with van der Waals surface area (Å²) in [5.74, 6) is -0.843. The van der Waals surface area contributed by atoms with E-state index in [4.69, 9.17) is 11.5 Å². The number of primary amides is 2. The Balaban J connectivity index is 1.63. The molecule has 0 aliphatic carbocycles. The SMILES string of the molecule is C[C@H](Nc1cc(C(N)=O)nc(N2CCc3c(cccc3-c3ccc(C(F)(F)F)cc3)C2)n1)C(N)=O. The summed E-state index contributed by atoms with van der Waals surface area (Å²) in [5, 5.41) is 2.84. The van der Waals surface area contributed by atoms with E-state index in [1.807, 2.05) is 23.1 Å². The highest BCUT2D eigenvalue weighted by molar-refractivity contribution is 5.92. The van der Waals surface area contributed by atoms with Gasteiger partial charge < -0.3 is 21.7 Å². The van der Waals surface area contributed by atoms with Gasteiger partial charge in [-0.2, -0.15) is 18.2 Å². The number of hydrogen-bond donors (Lipinski definition) is 3. The molecule has 2 amide bonds. The molecule has 0 unspecified atom stereocenters. The third-order valence-corrected chi connectivity index (χ3v) is 5.83. The van der Waals surface area contributed by atoms with Crippen molar-refractivity contribution < 1.29 is 22.8 Å². The van der Waals surface area contributed by atoms with Gasteiger partial charge in [0.15, 0.2) is 0 Å². The minimum absolute atomic E-state index is 0.0153. The van der Waals surface area contributed by atoms with Crippen LogP contribution in [-0.2, 0) is 23.9 Å². The van der Waals surface area contributed by atoms with Crippen molar-refractivity contribution in [3.05, 3.63) is 70.9 Å². The lowest BCUT2D eigenvalue weighted by Gasteiger charge is -2.30. The molecule has 2 aromatic carbocycles. The number of rotatable bonds is 6. The van der Waals surface area contributed by atoms with E-state index >= 15 is 0 Å². The van der Waals surface area contributed by atoms with E-state index in [0.29, 0.717) is 25.1 Å². The Morgan fingerprint density at radius 2 is 1.80 bits per heavy atom. The number of hydrogen-bond acceptors (Lipinski definition) is 6. The molecule has 3 aromatic rings. The molecule has 11 heteroatoms. The molecule has 2 heterocycles. The van der Waals surface area contributed by atoms with Crippen LogP contribution in [0.15, 0.2) is 48.5 Å². The Labute approximate surface area is 199 Å². The highest BCUT2D eigenvalue weighted by Gasteiger charge is 2.30. The molecule has 0 saturated heterocycles. The summed E-state index contributed by atoms with van der Waals surface area (Å²) in [6, 6.07) is 11.4. The molecule has 0 bridgehead atoms. The Kier molecular flexibility index (Phi) is 6.33. The number of nitrogens with one attached hydrogen (secondary N) is 1. The summed E-state index contributed by atoms with van der Waals surface area (Å²) in [6.45, 7) is 2.47. The fraction of sp³-hybridized carbons (Fsp3) is 0.250. The Bertz CT molecular complexity index is 1280. The van der Waals surface area contributed by atoms with Crippen LogP contribution in [0.2, 0.25) is 0 Å². The molecule has 0 fully saturated rings. The van der Waals surface area contributed by atoms with Gasteiger partial charge in [-0.3, -0.25) is 9.59 Å². The van der Waals surface area contributed by atoms with Crippen LogP contribution >= 0.6 is 0 Å². The lowest BCUT2D eigenvalue weighted by Crippen LogP contribution is -2.35. The fourth-order valence-corrected chi connectivity index (χ4v) is 3.96. The van der Waals surface area contributed by atoms with Crippen molar-refractivity contribution in [1.82, 2.24) is 9.97 Å². The van der Waals surface area contributed by atoms with Crippen LogP contribution in [0.3, 0.4) is 0 Å². The van der Waals surface area contributed by atoms with Gasteiger partial charge in [-0.15, -0.1) is 0 Å². The average molecular weight is 484 g/mol. The largest absolute Gasteiger partial charge is 0.416 e. The summed E-state index contributed by atoms with van der Waals surface area (Å²) in [4.78, 5) is 33.8. The normalized spacial score (nSPS) is 14.2. The minimum Gasteiger partial charge on any atom is -0.368 e. The molecule has 4 rings (SSSR count). The number of anilines is 2. The highest BCUT2D eigenvalue weighted by atomic mass is 19.4. The predicted molar refractivity (Wildman–Crippen MR) is 124 cm³/mol. The summed E-state index contributed by atoms with van der Waals surface area (Å²) in [5.41, 5.74) is 13.6. The third kappa shape index (κ3) is 5.18. The number of carbonyl (C=O) groups is 2. The van der Waals surface area contributed by atoms with E-state index in [2.05, 4.69) is 15.3 Å². The van der Waals surface area contributed by atoms with Crippen molar-refractivity contribution in [3.8, 4) is 11.1 Å². The van der Waals surface area contributed by atoms with Gasteiger partial charge in [0.05, 0.1) is 5.56 Å².